The molecule has 4 heterocycles. The molecule has 3 saturated heterocycles. The van der Waals surface area contributed by atoms with E-state index in [1.165, 1.54) is 25.9 Å². The molecule has 0 spiro atoms. The Morgan fingerprint density at radius 1 is 1.14 bits per heavy atom. The first kappa shape index (κ1) is 17.5. The summed E-state index contributed by atoms with van der Waals surface area (Å²) in [5, 5.41) is 0.977. The van der Waals surface area contributed by atoms with Gasteiger partial charge in [0.05, 0.1) is 7.11 Å². The highest BCUT2D eigenvalue weighted by Crippen LogP contribution is 2.36. The molecule has 4 heteroatoms. The van der Waals surface area contributed by atoms with Crippen molar-refractivity contribution in [2.75, 3.05) is 26.7 Å². The number of Topliss-reactive ketones (excluding diaryl/α,β-unsaturated/α-hetero) is 1. The van der Waals surface area contributed by atoms with E-state index in [9.17, 15) is 4.79 Å². The van der Waals surface area contributed by atoms with Crippen molar-refractivity contribution < 1.29 is 13.9 Å². The smallest absolute Gasteiger partial charge is 0.198 e. The van der Waals surface area contributed by atoms with Crippen molar-refractivity contribution in [2.24, 2.45) is 11.8 Å². The van der Waals surface area contributed by atoms with Crippen LogP contribution in [0.25, 0.3) is 22.1 Å². The molecule has 0 unspecified atom stereocenters. The fourth-order valence-electron chi connectivity index (χ4n) is 4.86. The standard InChI is InChI=1S/C24H25NO3/c1-27-20-7-5-17(6-8-20)21-4-2-3-18-14-23(28-24(18)21)22(26)13-19-15-25-11-9-16(19)10-12-25/h2-8,14,16,19H,9-13,15H2,1H3/t19-/m1/s1. The maximum Gasteiger partial charge on any atom is 0.198 e. The van der Waals surface area contributed by atoms with Crippen LogP contribution >= 0.6 is 0 Å². The van der Waals surface area contributed by atoms with Crippen molar-refractivity contribution in [1.29, 1.82) is 0 Å². The van der Waals surface area contributed by atoms with E-state index >= 15 is 0 Å². The van der Waals surface area contributed by atoms with Gasteiger partial charge in [0, 0.05) is 23.9 Å². The van der Waals surface area contributed by atoms with Crippen LogP contribution < -0.4 is 4.74 Å². The van der Waals surface area contributed by atoms with Crippen LogP contribution in [-0.2, 0) is 0 Å². The van der Waals surface area contributed by atoms with Crippen molar-refractivity contribution in [3.05, 3.63) is 54.3 Å². The van der Waals surface area contributed by atoms with Gasteiger partial charge < -0.3 is 14.1 Å². The molecule has 0 aliphatic carbocycles. The number of furan rings is 1. The Balaban J connectivity index is 1.42. The molecule has 0 saturated carbocycles. The minimum absolute atomic E-state index is 0.135. The molecule has 0 amide bonds. The third kappa shape index (κ3) is 3.12. The van der Waals surface area contributed by atoms with E-state index in [0.717, 1.165) is 34.4 Å². The molecule has 0 radical (unpaired) electrons. The zero-order valence-corrected chi connectivity index (χ0v) is 16.2. The van der Waals surface area contributed by atoms with Crippen molar-refractivity contribution >= 4 is 16.8 Å². The number of hydrogen-bond donors (Lipinski definition) is 0. The Kier molecular flexibility index (Phi) is 4.44. The average Bonchev–Trinajstić information content (AvgIpc) is 3.19. The SMILES string of the molecule is COc1ccc(-c2cccc3cc(C(=O)C[C@@H]4CN5CCC4CC5)oc23)cc1. The largest absolute Gasteiger partial charge is 0.497 e. The van der Waals surface area contributed by atoms with Crippen molar-refractivity contribution in [3.8, 4) is 16.9 Å². The minimum atomic E-state index is 0.135. The van der Waals surface area contributed by atoms with E-state index in [4.69, 9.17) is 9.15 Å². The van der Waals surface area contributed by atoms with Crippen LogP contribution in [0, 0.1) is 11.8 Å². The summed E-state index contributed by atoms with van der Waals surface area (Å²) in [6.07, 6.45) is 3.07. The highest BCUT2D eigenvalue weighted by atomic mass is 16.5. The van der Waals surface area contributed by atoms with Crippen LogP contribution in [0.3, 0.4) is 0 Å². The van der Waals surface area contributed by atoms with Gasteiger partial charge in [0.2, 0.25) is 0 Å². The van der Waals surface area contributed by atoms with Crippen LogP contribution in [0.2, 0.25) is 0 Å². The van der Waals surface area contributed by atoms with Crippen LogP contribution in [0.5, 0.6) is 5.75 Å². The third-order valence-corrected chi connectivity index (χ3v) is 6.46. The van der Waals surface area contributed by atoms with Crippen LogP contribution in [0.1, 0.15) is 29.8 Å². The molecule has 1 atom stereocenters. The van der Waals surface area contributed by atoms with Gasteiger partial charge in [-0.1, -0.05) is 30.3 Å². The van der Waals surface area contributed by atoms with E-state index in [-0.39, 0.29) is 5.78 Å². The molecule has 6 rings (SSSR count). The number of nitrogens with zero attached hydrogens (tertiary/aromatic N) is 1. The molecule has 144 valence electrons. The monoisotopic (exact) mass is 375 g/mol. The summed E-state index contributed by atoms with van der Waals surface area (Å²) in [7, 11) is 1.66. The fraction of sp³-hybridized carbons (Fsp3) is 0.375. The number of carbonyl (C=O) groups is 1. The predicted molar refractivity (Wildman–Crippen MR) is 110 cm³/mol. The molecule has 28 heavy (non-hydrogen) atoms. The van der Waals surface area contributed by atoms with Gasteiger partial charge in [-0.2, -0.15) is 0 Å². The predicted octanol–water partition coefficient (Wildman–Crippen LogP) is 5.02. The first-order valence-electron chi connectivity index (χ1n) is 10.1. The number of rotatable bonds is 5. The minimum Gasteiger partial charge on any atom is -0.497 e. The van der Waals surface area contributed by atoms with E-state index < -0.39 is 0 Å². The molecular formula is C24H25NO3. The zero-order chi connectivity index (χ0) is 19.1. The Morgan fingerprint density at radius 2 is 1.93 bits per heavy atom. The normalized spacial score (nSPS) is 23.8. The second kappa shape index (κ2) is 7.10. The number of ketones is 1. The summed E-state index contributed by atoms with van der Waals surface area (Å²) in [6.45, 7) is 3.46. The number of carbonyl (C=O) groups excluding carboxylic acids is 1. The Bertz CT molecular complexity index is 996. The van der Waals surface area contributed by atoms with Gasteiger partial charge in [-0.25, -0.2) is 0 Å². The van der Waals surface area contributed by atoms with Gasteiger partial charge in [-0.3, -0.25) is 4.79 Å². The summed E-state index contributed by atoms with van der Waals surface area (Å²) >= 11 is 0. The summed E-state index contributed by atoms with van der Waals surface area (Å²) < 4.78 is 11.3. The van der Waals surface area contributed by atoms with Crippen LogP contribution in [-0.4, -0.2) is 37.4 Å². The highest BCUT2D eigenvalue weighted by Gasteiger charge is 2.35. The number of fused-ring (bicyclic) bond motifs is 4. The number of benzene rings is 2. The summed E-state index contributed by atoms with van der Waals surface area (Å²) in [5.41, 5.74) is 2.84. The lowest BCUT2D eigenvalue weighted by Gasteiger charge is -2.44. The first-order chi connectivity index (χ1) is 13.7. The molecule has 3 aromatic rings. The fourth-order valence-corrected chi connectivity index (χ4v) is 4.86. The molecule has 4 nitrogen and oxygen atoms in total. The third-order valence-electron chi connectivity index (χ3n) is 6.46. The maximum absolute atomic E-state index is 13.0. The molecule has 1 aromatic heterocycles. The van der Waals surface area contributed by atoms with Gasteiger partial charge in [0.15, 0.2) is 11.5 Å². The average molecular weight is 375 g/mol. The summed E-state index contributed by atoms with van der Waals surface area (Å²) in [4.78, 5) is 15.5. The summed E-state index contributed by atoms with van der Waals surface area (Å²) in [5.74, 6) is 2.63. The lowest BCUT2D eigenvalue weighted by Crippen LogP contribution is -2.47. The maximum atomic E-state index is 13.0. The second-order valence-electron chi connectivity index (χ2n) is 8.09. The molecule has 3 fully saturated rings. The molecule has 2 bridgehead atoms. The highest BCUT2D eigenvalue weighted by molar-refractivity contribution is 6.01. The molecular weight excluding hydrogens is 350 g/mol. The first-order valence-corrected chi connectivity index (χ1v) is 10.1. The lowest BCUT2D eigenvalue weighted by molar-refractivity contribution is 0.0433. The van der Waals surface area contributed by atoms with Gasteiger partial charge in [0.25, 0.3) is 0 Å². The van der Waals surface area contributed by atoms with Crippen molar-refractivity contribution in [1.82, 2.24) is 4.90 Å². The molecule has 3 aliphatic rings. The molecule has 2 aromatic carbocycles. The Labute approximate surface area is 165 Å². The Morgan fingerprint density at radius 3 is 2.61 bits per heavy atom. The van der Waals surface area contributed by atoms with E-state index in [2.05, 4.69) is 4.90 Å². The van der Waals surface area contributed by atoms with E-state index in [0.29, 0.717) is 24.0 Å². The summed E-state index contributed by atoms with van der Waals surface area (Å²) in [6, 6.07) is 15.9. The van der Waals surface area contributed by atoms with Gasteiger partial charge in [-0.15, -0.1) is 0 Å². The van der Waals surface area contributed by atoms with Gasteiger partial charge in [-0.05, 0) is 61.5 Å². The van der Waals surface area contributed by atoms with Crippen LogP contribution in [0.15, 0.2) is 52.9 Å². The second-order valence-corrected chi connectivity index (χ2v) is 8.09. The molecule has 0 N–H and O–H groups in total. The Hall–Kier alpha value is -2.59. The van der Waals surface area contributed by atoms with Crippen molar-refractivity contribution in [3.63, 3.8) is 0 Å². The van der Waals surface area contributed by atoms with Gasteiger partial charge in [0.1, 0.15) is 11.3 Å². The van der Waals surface area contributed by atoms with E-state index in [1.807, 2.05) is 48.5 Å². The number of para-hydroxylation sites is 1. The quantitative estimate of drug-likeness (QED) is 0.587. The number of methoxy groups -OCH3 is 1. The van der Waals surface area contributed by atoms with E-state index in [1.54, 1.807) is 7.11 Å². The van der Waals surface area contributed by atoms with Crippen LogP contribution in [0.4, 0.5) is 0 Å². The zero-order valence-electron chi connectivity index (χ0n) is 16.2. The number of hydrogen-bond acceptors (Lipinski definition) is 4. The topological polar surface area (TPSA) is 42.7 Å². The molecule has 3 aliphatic heterocycles. The lowest BCUT2D eigenvalue weighted by atomic mass is 9.76. The van der Waals surface area contributed by atoms with Crippen molar-refractivity contribution in [2.45, 2.75) is 19.3 Å². The van der Waals surface area contributed by atoms with Gasteiger partial charge >= 0.3 is 0 Å². The number of piperidine rings is 3. The number of ether oxygens (including phenoxy) is 1.